The number of carbonyl (C=O) groups excluding carboxylic acids is 1. The Balaban J connectivity index is 2.08. The molecule has 1 aromatic heterocycles. The Morgan fingerprint density at radius 3 is 2.90 bits per heavy atom. The first-order valence-electron chi connectivity index (χ1n) is 6.60. The number of aromatic nitrogens is 3. The third-order valence-corrected chi connectivity index (χ3v) is 3.99. The summed E-state index contributed by atoms with van der Waals surface area (Å²) >= 11 is 1.31. The first-order valence-corrected chi connectivity index (χ1v) is 7.58. The summed E-state index contributed by atoms with van der Waals surface area (Å²) in [5.41, 5.74) is 3.39. The first-order chi connectivity index (χ1) is 10.1. The van der Waals surface area contributed by atoms with E-state index in [2.05, 4.69) is 35.4 Å². The molecule has 0 radical (unpaired) electrons. The number of hydrogen-bond donors (Lipinski definition) is 2. The predicted octanol–water partition coefficient (Wildman–Crippen LogP) is 1.08. The molecule has 0 saturated carbocycles. The lowest BCUT2D eigenvalue weighted by molar-refractivity contribution is -0.118. The number of carbonyl (C=O) groups is 1. The van der Waals surface area contributed by atoms with Crippen molar-refractivity contribution in [3.63, 3.8) is 0 Å². The molecule has 6 nitrogen and oxygen atoms in total. The van der Waals surface area contributed by atoms with Crippen LogP contribution in [-0.2, 0) is 4.79 Å². The number of aryl methyl sites for hydroxylation is 2. The van der Waals surface area contributed by atoms with Crippen molar-refractivity contribution in [1.82, 2.24) is 20.1 Å². The van der Waals surface area contributed by atoms with Gasteiger partial charge in [-0.15, -0.1) is 10.2 Å². The molecule has 0 spiro atoms. The first kappa shape index (κ1) is 15.5. The van der Waals surface area contributed by atoms with Gasteiger partial charge < -0.3 is 10.4 Å². The summed E-state index contributed by atoms with van der Waals surface area (Å²) < 4.78 is 1.86. The molecule has 0 fully saturated rings. The van der Waals surface area contributed by atoms with Crippen molar-refractivity contribution in [2.45, 2.75) is 19.0 Å². The SMILES string of the molecule is Cc1ccc(-n2cnnc2SCC(=O)NCCO)cc1C. The van der Waals surface area contributed by atoms with E-state index in [1.165, 1.54) is 22.9 Å². The fourth-order valence-corrected chi connectivity index (χ4v) is 2.51. The second kappa shape index (κ2) is 7.24. The van der Waals surface area contributed by atoms with E-state index in [0.29, 0.717) is 5.16 Å². The number of nitrogens with zero attached hydrogens (tertiary/aromatic N) is 3. The summed E-state index contributed by atoms with van der Waals surface area (Å²) in [6.45, 7) is 4.32. The Kier molecular flexibility index (Phi) is 5.35. The summed E-state index contributed by atoms with van der Waals surface area (Å²) in [6, 6.07) is 6.11. The smallest absolute Gasteiger partial charge is 0.230 e. The summed E-state index contributed by atoms with van der Waals surface area (Å²) in [4.78, 5) is 11.5. The molecule has 2 N–H and O–H groups in total. The molecule has 112 valence electrons. The van der Waals surface area contributed by atoms with Crippen molar-refractivity contribution >= 4 is 17.7 Å². The van der Waals surface area contributed by atoms with Crippen LogP contribution in [0.25, 0.3) is 5.69 Å². The highest BCUT2D eigenvalue weighted by atomic mass is 32.2. The monoisotopic (exact) mass is 306 g/mol. The van der Waals surface area contributed by atoms with Gasteiger partial charge in [0.15, 0.2) is 5.16 Å². The van der Waals surface area contributed by atoms with Crippen LogP contribution >= 0.6 is 11.8 Å². The van der Waals surface area contributed by atoms with E-state index >= 15 is 0 Å². The van der Waals surface area contributed by atoms with Crippen LogP contribution in [0.5, 0.6) is 0 Å². The summed E-state index contributed by atoms with van der Waals surface area (Å²) in [5, 5.41) is 19.9. The molecule has 0 saturated heterocycles. The number of benzene rings is 1. The maximum atomic E-state index is 11.5. The van der Waals surface area contributed by atoms with E-state index in [9.17, 15) is 4.79 Å². The highest BCUT2D eigenvalue weighted by Crippen LogP contribution is 2.21. The number of amides is 1. The average molecular weight is 306 g/mol. The maximum absolute atomic E-state index is 11.5. The molecule has 0 unspecified atom stereocenters. The average Bonchev–Trinajstić information content (AvgIpc) is 2.94. The molecule has 0 aliphatic heterocycles. The Morgan fingerprint density at radius 1 is 1.38 bits per heavy atom. The van der Waals surface area contributed by atoms with E-state index in [4.69, 9.17) is 5.11 Å². The fourth-order valence-electron chi connectivity index (χ4n) is 1.75. The van der Waals surface area contributed by atoms with Crippen molar-refractivity contribution in [2.24, 2.45) is 0 Å². The van der Waals surface area contributed by atoms with Gasteiger partial charge in [-0.25, -0.2) is 0 Å². The van der Waals surface area contributed by atoms with Gasteiger partial charge in [-0.3, -0.25) is 9.36 Å². The zero-order valence-corrected chi connectivity index (χ0v) is 12.9. The Labute approximate surface area is 127 Å². The van der Waals surface area contributed by atoms with Crippen LogP contribution in [0.3, 0.4) is 0 Å². The lowest BCUT2D eigenvalue weighted by Gasteiger charge is -2.08. The van der Waals surface area contributed by atoms with Gasteiger partial charge in [0, 0.05) is 12.2 Å². The van der Waals surface area contributed by atoms with E-state index in [1.54, 1.807) is 6.33 Å². The Bertz CT molecular complexity index is 627. The van der Waals surface area contributed by atoms with Gasteiger partial charge in [0.1, 0.15) is 6.33 Å². The summed E-state index contributed by atoms with van der Waals surface area (Å²) in [5.74, 6) is 0.104. The second-order valence-electron chi connectivity index (χ2n) is 4.61. The molecule has 21 heavy (non-hydrogen) atoms. The van der Waals surface area contributed by atoms with Gasteiger partial charge >= 0.3 is 0 Å². The Hall–Kier alpha value is -1.86. The molecule has 1 aromatic carbocycles. The highest BCUT2D eigenvalue weighted by molar-refractivity contribution is 7.99. The zero-order valence-electron chi connectivity index (χ0n) is 12.0. The minimum Gasteiger partial charge on any atom is -0.395 e. The van der Waals surface area contributed by atoms with E-state index in [0.717, 1.165) is 5.69 Å². The van der Waals surface area contributed by atoms with Crippen LogP contribution in [0.15, 0.2) is 29.7 Å². The topological polar surface area (TPSA) is 80.0 Å². The molecule has 7 heteroatoms. The van der Waals surface area contributed by atoms with E-state index in [-0.39, 0.29) is 24.8 Å². The molecule has 0 aliphatic carbocycles. The van der Waals surface area contributed by atoms with Crippen molar-refractivity contribution in [3.05, 3.63) is 35.7 Å². The van der Waals surface area contributed by atoms with E-state index in [1.807, 2.05) is 16.7 Å². The van der Waals surface area contributed by atoms with Gasteiger partial charge in [0.25, 0.3) is 0 Å². The van der Waals surface area contributed by atoms with Crippen LogP contribution in [0.1, 0.15) is 11.1 Å². The van der Waals surface area contributed by atoms with Crippen molar-refractivity contribution in [2.75, 3.05) is 18.9 Å². The lowest BCUT2D eigenvalue weighted by atomic mass is 10.1. The summed E-state index contributed by atoms with van der Waals surface area (Å²) in [7, 11) is 0. The standard InChI is InChI=1S/C14H18N4O2S/c1-10-3-4-12(7-11(10)2)18-9-16-17-14(18)21-8-13(20)15-5-6-19/h3-4,7,9,19H,5-6,8H2,1-2H3,(H,15,20). The number of rotatable bonds is 6. The number of nitrogens with one attached hydrogen (secondary N) is 1. The number of hydrogen-bond acceptors (Lipinski definition) is 5. The number of thioether (sulfide) groups is 1. The van der Waals surface area contributed by atoms with Crippen LogP contribution < -0.4 is 5.32 Å². The number of aliphatic hydroxyl groups excluding tert-OH is 1. The molecule has 0 atom stereocenters. The van der Waals surface area contributed by atoms with Gasteiger partial charge in [-0.2, -0.15) is 0 Å². The quantitative estimate of drug-likeness (QED) is 0.781. The van der Waals surface area contributed by atoms with Gasteiger partial charge in [-0.1, -0.05) is 17.8 Å². The third-order valence-electron chi connectivity index (χ3n) is 3.05. The third kappa shape index (κ3) is 4.05. The molecule has 2 rings (SSSR count). The molecular formula is C14H18N4O2S. The fraction of sp³-hybridized carbons (Fsp3) is 0.357. The minimum absolute atomic E-state index is 0.0603. The van der Waals surface area contributed by atoms with Crippen molar-refractivity contribution < 1.29 is 9.90 Å². The van der Waals surface area contributed by atoms with Gasteiger partial charge in [0.05, 0.1) is 12.4 Å². The van der Waals surface area contributed by atoms with Crippen LogP contribution in [0, 0.1) is 13.8 Å². The van der Waals surface area contributed by atoms with E-state index < -0.39 is 0 Å². The van der Waals surface area contributed by atoms with Crippen LogP contribution in [-0.4, -0.2) is 44.7 Å². The van der Waals surface area contributed by atoms with Gasteiger partial charge in [0.2, 0.25) is 5.91 Å². The molecular weight excluding hydrogens is 288 g/mol. The maximum Gasteiger partial charge on any atom is 0.230 e. The van der Waals surface area contributed by atoms with Crippen LogP contribution in [0.2, 0.25) is 0 Å². The lowest BCUT2D eigenvalue weighted by Crippen LogP contribution is -2.28. The highest BCUT2D eigenvalue weighted by Gasteiger charge is 2.10. The largest absolute Gasteiger partial charge is 0.395 e. The van der Waals surface area contributed by atoms with Crippen molar-refractivity contribution in [3.8, 4) is 5.69 Å². The van der Waals surface area contributed by atoms with Crippen LogP contribution in [0.4, 0.5) is 0 Å². The molecule has 0 aliphatic rings. The summed E-state index contributed by atoms with van der Waals surface area (Å²) in [6.07, 6.45) is 1.64. The second-order valence-corrected chi connectivity index (χ2v) is 5.56. The zero-order chi connectivity index (χ0) is 15.2. The molecule has 0 bridgehead atoms. The number of aliphatic hydroxyl groups is 1. The Morgan fingerprint density at radius 2 is 2.19 bits per heavy atom. The molecule has 2 aromatic rings. The van der Waals surface area contributed by atoms with Gasteiger partial charge in [-0.05, 0) is 37.1 Å². The predicted molar refractivity (Wildman–Crippen MR) is 81.7 cm³/mol. The normalized spacial score (nSPS) is 10.6. The minimum atomic E-state index is -0.135. The molecule has 1 heterocycles. The molecule has 1 amide bonds. The van der Waals surface area contributed by atoms with Crippen molar-refractivity contribution in [1.29, 1.82) is 0 Å².